The summed E-state index contributed by atoms with van der Waals surface area (Å²) in [5.74, 6) is -0.216. The van der Waals surface area contributed by atoms with Crippen LogP contribution in [-0.2, 0) is 6.54 Å². The van der Waals surface area contributed by atoms with Gasteiger partial charge in [0, 0.05) is 42.3 Å². The molecule has 0 aromatic heterocycles. The van der Waals surface area contributed by atoms with Crippen LogP contribution in [0.4, 0.5) is 4.39 Å². The minimum atomic E-state index is -0.216. The number of nitrogens with one attached hydrogen (secondary N) is 1. The molecule has 94 valence electrons. The van der Waals surface area contributed by atoms with Crippen LogP contribution in [0.5, 0.6) is 0 Å². The summed E-state index contributed by atoms with van der Waals surface area (Å²) in [5, 5.41) is 3.81. The van der Waals surface area contributed by atoms with Crippen molar-refractivity contribution in [2.24, 2.45) is 0 Å². The zero-order valence-corrected chi connectivity index (χ0v) is 11.0. The predicted molar refractivity (Wildman–Crippen MR) is 68.8 cm³/mol. The summed E-state index contributed by atoms with van der Waals surface area (Å²) in [7, 11) is 0. The monoisotopic (exact) mass is 256 g/mol. The number of hydrogen-bond donors (Lipinski definition) is 1. The van der Waals surface area contributed by atoms with E-state index in [1.807, 2.05) is 0 Å². The van der Waals surface area contributed by atoms with E-state index >= 15 is 0 Å². The molecule has 0 spiro atoms. The van der Waals surface area contributed by atoms with Crippen molar-refractivity contribution in [2.45, 2.75) is 25.9 Å². The quantitative estimate of drug-likeness (QED) is 0.875. The Labute approximate surface area is 107 Å². The van der Waals surface area contributed by atoms with E-state index in [4.69, 9.17) is 11.6 Å². The molecule has 1 aliphatic heterocycles. The first-order valence-electron chi connectivity index (χ1n) is 5.89. The SMILES string of the molecule is CC1(C)CNCCN1Cc1ccc(Cl)cc1F. The molecule has 0 radical (unpaired) electrons. The Balaban J connectivity index is 2.14. The number of nitrogens with zero attached hydrogens (tertiary/aromatic N) is 1. The first-order valence-corrected chi connectivity index (χ1v) is 6.26. The van der Waals surface area contributed by atoms with Crippen molar-refractivity contribution in [1.82, 2.24) is 10.2 Å². The third-order valence-electron chi connectivity index (χ3n) is 3.35. The van der Waals surface area contributed by atoms with Gasteiger partial charge in [-0.2, -0.15) is 0 Å². The summed E-state index contributed by atoms with van der Waals surface area (Å²) in [6.45, 7) is 7.81. The van der Waals surface area contributed by atoms with Crippen LogP contribution < -0.4 is 5.32 Å². The Bertz CT molecular complexity index is 406. The minimum absolute atomic E-state index is 0.0598. The van der Waals surface area contributed by atoms with Crippen LogP contribution in [-0.4, -0.2) is 30.1 Å². The molecule has 1 aliphatic rings. The lowest BCUT2D eigenvalue weighted by Gasteiger charge is -2.42. The van der Waals surface area contributed by atoms with Crippen LogP contribution >= 0.6 is 11.6 Å². The van der Waals surface area contributed by atoms with E-state index in [-0.39, 0.29) is 11.4 Å². The molecule has 0 aliphatic carbocycles. The summed E-state index contributed by atoms with van der Waals surface area (Å²) in [4.78, 5) is 2.30. The second-order valence-corrected chi connectivity index (χ2v) is 5.58. The van der Waals surface area contributed by atoms with Gasteiger partial charge in [0.15, 0.2) is 0 Å². The molecule has 1 fully saturated rings. The zero-order valence-electron chi connectivity index (χ0n) is 10.3. The first-order chi connectivity index (χ1) is 7.99. The zero-order chi connectivity index (χ0) is 12.5. The maximum atomic E-state index is 13.7. The van der Waals surface area contributed by atoms with Crippen LogP contribution in [0.25, 0.3) is 0 Å². The van der Waals surface area contributed by atoms with E-state index in [0.29, 0.717) is 17.1 Å². The normalized spacial score (nSPS) is 20.5. The fourth-order valence-electron chi connectivity index (χ4n) is 2.17. The lowest BCUT2D eigenvalue weighted by Crippen LogP contribution is -2.57. The number of halogens is 2. The minimum Gasteiger partial charge on any atom is -0.314 e. The van der Waals surface area contributed by atoms with Crippen molar-refractivity contribution < 1.29 is 4.39 Å². The lowest BCUT2D eigenvalue weighted by molar-refractivity contribution is 0.0816. The van der Waals surface area contributed by atoms with Crippen molar-refractivity contribution in [2.75, 3.05) is 19.6 Å². The molecule has 4 heteroatoms. The molecule has 2 rings (SSSR count). The van der Waals surface area contributed by atoms with Gasteiger partial charge in [0.2, 0.25) is 0 Å². The lowest BCUT2D eigenvalue weighted by atomic mass is 9.99. The highest BCUT2D eigenvalue weighted by atomic mass is 35.5. The molecule has 1 N–H and O–H groups in total. The number of rotatable bonds is 2. The molecule has 0 bridgehead atoms. The van der Waals surface area contributed by atoms with E-state index in [0.717, 1.165) is 19.6 Å². The second-order valence-electron chi connectivity index (χ2n) is 5.15. The molecule has 1 aromatic rings. The van der Waals surface area contributed by atoms with Crippen molar-refractivity contribution in [3.8, 4) is 0 Å². The summed E-state index contributed by atoms with van der Waals surface area (Å²) in [6.07, 6.45) is 0. The Morgan fingerprint density at radius 2 is 2.24 bits per heavy atom. The molecular formula is C13H18ClFN2. The molecule has 1 saturated heterocycles. The highest BCUT2D eigenvalue weighted by Gasteiger charge is 2.29. The smallest absolute Gasteiger partial charge is 0.129 e. The molecular weight excluding hydrogens is 239 g/mol. The molecule has 0 saturated carbocycles. The summed E-state index contributed by atoms with van der Waals surface area (Å²) in [6, 6.07) is 4.90. The third-order valence-corrected chi connectivity index (χ3v) is 3.58. The average Bonchev–Trinajstić information content (AvgIpc) is 2.24. The number of benzene rings is 1. The molecule has 1 aromatic carbocycles. The predicted octanol–water partition coefficient (Wildman–Crippen LogP) is 2.66. The van der Waals surface area contributed by atoms with Crippen LogP contribution in [0.15, 0.2) is 18.2 Å². The van der Waals surface area contributed by atoms with Crippen LogP contribution in [0.2, 0.25) is 5.02 Å². The molecule has 0 unspecified atom stereocenters. The molecule has 17 heavy (non-hydrogen) atoms. The van der Waals surface area contributed by atoms with Gasteiger partial charge >= 0.3 is 0 Å². The van der Waals surface area contributed by atoms with Crippen LogP contribution in [0.3, 0.4) is 0 Å². The molecule has 0 amide bonds. The molecule has 1 heterocycles. The van der Waals surface area contributed by atoms with Crippen molar-refractivity contribution in [3.05, 3.63) is 34.6 Å². The highest BCUT2D eigenvalue weighted by molar-refractivity contribution is 6.30. The Hall–Kier alpha value is -0.640. The Morgan fingerprint density at radius 3 is 2.88 bits per heavy atom. The van der Waals surface area contributed by atoms with Crippen molar-refractivity contribution in [3.63, 3.8) is 0 Å². The van der Waals surface area contributed by atoms with Gasteiger partial charge in [-0.05, 0) is 26.0 Å². The summed E-state index contributed by atoms with van der Waals surface area (Å²) in [5.41, 5.74) is 0.772. The van der Waals surface area contributed by atoms with Crippen LogP contribution in [0.1, 0.15) is 19.4 Å². The molecule has 0 atom stereocenters. The third kappa shape index (κ3) is 2.97. The van der Waals surface area contributed by atoms with Gasteiger partial charge in [-0.3, -0.25) is 4.90 Å². The van der Waals surface area contributed by atoms with Gasteiger partial charge in [0.05, 0.1) is 0 Å². The molecule has 2 nitrogen and oxygen atoms in total. The largest absolute Gasteiger partial charge is 0.314 e. The van der Waals surface area contributed by atoms with E-state index < -0.39 is 0 Å². The highest BCUT2D eigenvalue weighted by Crippen LogP contribution is 2.22. The average molecular weight is 257 g/mol. The maximum absolute atomic E-state index is 13.7. The number of piperazine rings is 1. The maximum Gasteiger partial charge on any atom is 0.129 e. The fraction of sp³-hybridized carbons (Fsp3) is 0.538. The van der Waals surface area contributed by atoms with Gasteiger partial charge in [0.1, 0.15) is 5.82 Å². The second kappa shape index (κ2) is 4.92. The van der Waals surface area contributed by atoms with Crippen LogP contribution in [0, 0.1) is 5.82 Å². The standard InChI is InChI=1S/C13H18ClFN2/c1-13(2)9-16-5-6-17(13)8-10-3-4-11(14)7-12(10)15/h3-4,7,16H,5-6,8-9H2,1-2H3. The first kappa shape index (κ1) is 12.8. The van der Waals surface area contributed by atoms with Crippen molar-refractivity contribution in [1.29, 1.82) is 0 Å². The van der Waals surface area contributed by atoms with Crippen molar-refractivity contribution >= 4 is 11.6 Å². The van der Waals surface area contributed by atoms with E-state index in [9.17, 15) is 4.39 Å². The Kier molecular flexibility index (Phi) is 3.71. The summed E-state index contributed by atoms with van der Waals surface area (Å²) >= 11 is 5.75. The van der Waals surface area contributed by atoms with Gasteiger partial charge < -0.3 is 5.32 Å². The topological polar surface area (TPSA) is 15.3 Å². The fourth-order valence-corrected chi connectivity index (χ4v) is 2.33. The van der Waals surface area contributed by atoms with E-state index in [1.165, 1.54) is 6.07 Å². The van der Waals surface area contributed by atoms with E-state index in [2.05, 4.69) is 24.1 Å². The number of hydrogen-bond acceptors (Lipinski definition) is 2. The van der Waals surface area contributed by atoms with Gasteiger partial charge in [-0.25, -0.2) is 4.39 Å². The van der Waals surface area contributed by atoms with Gasteiger partial charge in [0.25, 0.3) is 0 Å². The van der Waals surface area contributed by atoms with Gasteiger partial charge in [-0.15, -0.1) is 0 Å². The van der Waals surface area contributed by atoms with Gasteiger partial charge in [-0.1, -0.05) is 17.7 Å². The summed E-state index contributed by atoms with van der Waals surface area (Å²) < 4.78 is 13.7. The Morgan fingerprint density at radius 1 is 1.47 bits per heavy atom. The van der Waals surface area contributed by atoms with E-state index in [1.54, 1.807) is 12.1 Å².